The third-order valence-electron chi connectivity index (χ3n) is 5.74. The first-order valence-corrected chi connectivity index (χ1v) is 9.26. The Morgan fingerprint density at radius 2 is 1.21 bits per heavy atom. The van der Waals surface area contributed by atoms with Crippen molar-refractivity contribution in [2.24, 2.45) is 11.8 Å². The minimum atomic E-state index is -0.168. The molecule has 2 atom stereocenters. The van der Waals surface area contributed by atoms with Gasteiger partial charge in [0.05, 0.1) is 41.0 Å². The Kier molecular flexibility index (Phi) is 4.79. The van der Waals surface area contributed by atoms with E-state index in [0.717, 1.165) is 28.7 Å². The highest BCUT2D eigenvalue weighted by atomic mass is 16.5. The van der Waals surface area contributed by atoms with Gasteiger partial charge in [-0.1, -0.05) is 0 Å². The number of rotatable bonds is 4. The zero-order valence-electron chi connectivity index (χ0n) is 16.5. The van der Waals surface area contributed by atoms with E-state index in [-0.39, 0.29) is 17.8 Å². The van der Waals surface area contributed by atoms with Gasteiger partial charge in [-0.25, -0.2) is 0 Å². The van der Waals surface area contributed by atoms with Crippen LogP contribution in [-0.4, -0.2) is 41.0 Å². The van der Waals surface area contributed by atoms with Gasteiger partial charge in [-0.05, 0) is 59.4 Å². The van der Waals surface area contributed by atoms with Crippen molar-refractivity contribution in [3.05, 3.63) is 35.4 Å². The molecule has 0 saturated carbocycles. The quantitative estimate of drug-likeness (QED) is 0.754. The standard InChI is InChI=1S/C22H24O6/c1-24-18-7-12-5-14-11-28-22(23)17(14)6-13-8-19(25-2)21(27-4)10-16(13)15(12)9-20(18)26-3/h7-10,14,17H,5-6,11H2,1-4H3/t14-,17-/m0/s1. The lowest BCUT2D eigenvalue weighted by Gasteiger charge is -2.25. The second kappa shape index (κ2) is 7.26. The van der Waals surface area contributed by atoms with Crippen molar-refractivity contribution in [1.82, 2.24) is 0 Å². The fourth-order valence-corrected chi connectivity index (χ4v) is 4.26. The van der Waals surface area contributed by atoms with Gasteiger partial charge < -0.3 is 23.7 Å². The fraction of sp³-hybridized carbons (Fsp3) is 0.409. The zero-order chi connectivity index (χ0) is 19.8. The summed E-state index contributed by atoms with van der Waals surface area (Å²) in [5, 5.41) is 0. The number of ether oxygens (including phenoxy) is 5. The number of carbonyl (C=O) groups excluding carboxylic acids is 1. The minimum Gasteiger partial charge on any atom is -0.493 e. The molecule has 6 heteroatoms. The molecule has 0 spiro atoms. The smallest absolute Gasteiger partial charge is 0.309 e. The Labute approximate surface area is 164 Å². The van der Waals surface area contributed by atoms with Crippen LogP contribution >= 0.6 is 0 Å². The summed E-state index contributed by atoms with van der Waals surface area (Å²) in [5.74, 6) is 2.46. The molecule has 0 N–H and O–H groups in total. The van der Waals surface area contributed by atoms with Gasteiger partial charge in [0.1, 0.15) is 0 Å². The lowest BCUT2D eigenvalue weighted by molar-refractivity contribution is -0.141. The van der Waals surface area contributed by atoms with Gasteiger partial charge in [-0.15, -0.1) is 0 Å². The number of fused-ring (bicyclic) bond motifs is 4. The maximum Gasteiger partial charge on any atom is 0.309 e. The average Bonchev–Trinajstić information content (AvgIpc) is 3.04. The lowest BCUT2D eigenvalue weighted by Crippen LogP contribution is -2.23. The molecule has 2 aromatic rings. The van der Waals surface area contributed by atoms with E-state index in [1.54, 1.807) is 28.4 Å². The molecule has 0 radical (unpaired) electrons. The number of hydrogen-bond acceptors (Lipinski definition) is 6. The SMILES string of the molecule is COc1cc2c(cc1OC)-c1cc(OC)c(OC)cc1C[C@@H]1C(=O)OC[C@@H]1C2. The van der Waals surface area contributed by atoms with E-state index in [1.807, 2.05) is 24.3 Å². The number of esters is 1. The van der Waals surface area contributed by atoms with Crippen LogP contribution in [0.15, 0.2) is 24.3 Å². The maximum atomic E-state index is 12.4. The van der Waals surface area contributed by atoms with E-state index in [9.17, 15) is 4.79 Å². The second-order valence-electron chi connectivity index (χ2n) is 7.13. The van der Waals surface area contributed by atoms with E-state index in [2.05, 4.69) is 0 Å². The van der Waals surface area contributed by atoms with Crippen molar-refractivity contribution < 1.29 is 28.5 Å². The van der Waals surface area contributed by atoms with Crippen LogP contribution in [0.25, 0.3) is 11.1 Å². The number of carbonyl (C=O) groups is 1. The van der Waals surface area contributed by atoms with Crippen molar-refractivity contribution in [2.45, 2.75) is 12.8 Å². The van der Waals surface area contributed by atoms with Crippen molar-refractivity contribution >= 4 is 5.97 Å². The maximum absolute atomic E-state index is 12.4. The van der Waals surface area contributed by atoms with Crippen LogP contribution in [-0.2, 0) is 22.4 Å². The van der Waals surface area contributed by atoms with Crippen LogP contribution < -0.4 is 18.9 Å². The van der Waals surface area contributed by atoms with Crippen LogP contribution in [0.2, 0.25) is 0 Å². The normalized spacial score (nSPS) is 20.1. The largest absolute Gasteiger partial charge is 0.493 e. The first kappa shape index (κ1) is 18.5. The van der Waals surface area contributed by atoms with E-state index in [4.69, 9.17) is 23.7 Å². The highest BCUT2D eigenvalue weighted by Crippen LogP contribution is 2.45. The molecule has 1 saturated heterocycles. The predicted octanol–water partition coefficient (Wildman–Crippen LogP) is 3.28. The Balaban J connectivity index is 1.97. The lowest BCUT2D eigenvalue weighted by atomic mass is 9.78. The Morgan fingerprint density at radius 3 is 1.71 bits per heavy atom. The first-order valence-electron chi connectivity index (χ1n) is 9.26. The highest BCUT2D eigenvalue weighted by Gasteiger charge is 2.39. The van der Waals surface area contributed by atoms with Gasteiger partial charge in [0.2, 0.25) is 0 Å². The summed E-state index contributed by atoms with van der Waals surface area (Å²) < 4.78 is 27.5. The third kappa shape index (κ3) is 2.93. The van der Waals surface area contributed by atoms with E-state index >= 15 is 0 Å². The Morgan fingerprint density at radius 1 is 0.750 bits per heavy atom. The molecule has 148 valence electrons. The Bertz CT molecular complexity index is 920. The van der Waals surface area contributed by atoms with Crippen LogP contribution in [0.5, 0.6) is 23.0 Å². The summed E-state index contributed by atoms with van der Waals surface area (Å²) >= 11 is 0. The summed E-state index contributed by atoms with van der Waals surface area (Å²) in [5.41, 5.74) is 4.18. The first-order chi connectivity index (χ1) is 13.6. The fourth-order valence-electron chi connectivity index (χ4n) is 4.26. The summed E-state index contributed by atoms with van der Waals surface area (Å²) in [6, 6.07) is 7.93. The molecule has 2 aliphatic rings. The van der Waals surface area contributed by atoms with Gasteiger partial charge in [0.25, 0.3) is 0 Å². The molecular weight excluding hydrogens is 360 g/mol. The zero-order valence-corrected chi connectivity index (χ0v) is 16.5. The van der Waals surface area contributed by atoms with Crippen LogP contribution in [0.1, 0.15) is 11.1 Å². The van der Waals surface area contributed by atoms with Crippen molar-refractivity contribution in [1.29, 1.82) is 0 Å². The van der Waals surface area contributed by atoms with E-state index in [1.165, 1.54) is 0 Å². The molecular formula is C22H24O6. The van der Waals surface area contributed by atoms with Crippen molar-refractivity contribution in [2.75, 3.05) is 35.0 Å². The summed E-state index contributed by atoms with van der Waals surface area (Å²) in [7, 11) is 6.48. The minimum absolute atomic E-state index is 0.130. The summed E-state index contributed by atoms with van der Waals surface area (Å²) in [6.07, 6.45) is 1.34. The van der Waals surface area contributed by atoms with Crippen molar-refractivity contribution in [3.8, 4) is 34.1 Å². The van der Waals surface area contributed by atoms with E-state index in [0.29, 0.717) is 36.0 Å². The van der Waals surface area contributed by atoms with Gasteiger partial charge in [-0.2, -0.15) is 0 Å². The van der Waals surface area contributed by atoms with Gasteiger partial charge in [0.15, 0.2) is 23.0 Å². The Hall–Kier alpha value is -2.89. The summed E-state index contributed by atoms with van der Waals surface area (Å²) in [4.78, 5) is 12.4. The van der Waals surface area contributed by atoms with Gasteiger partial charge >= 0.3 is 5.97 Å². The van der Waals surface area contributed by atoms with Gasteiger partial charge in [0, 0.05) is 5.92 Å². The predicted molar refractivity (Wildman–Crippen MR) is 103 cm³/mol. The number of cyclic esters (lactones) is 1. The highest BCUT2D eigenvalue weighted by molar-refractivity contribution is 5.80. The molecule has 0 amide bonds. The molecule has 1 heterocycles. The van der Waals surface area contributed by atoms with Crippen LogP contribution in [0.4, 0.5) is 0 Å². The number of methoxy groups -OCH3 is 4. The molecule has 0 unspecified atom stereocenters. The number of hydrogen-bond donors (Lipinski definition) is 0. The topological polar surface area (TPSA) is 63.2 Å². The van der Waals surface area contributed by atoms with Gasteiger partial charge in [-0.3, -0.25) is 4.79 Å². The number of benzene rings is 2. The molecule has 0 bridgehead atoms. The monoisotopic (exact) mass is 384 g/mol. The molecule has 6 nitrogen and oxygen atoms in total. The molecule has 4 rings (SSSR count). The molecule has 2 aromatic carbocycles. The summed E-state index contributed by atoms with van der Waals surface area (Å²) in [6.45, 7) is 0.444. The molecule has 1 aliphatic carbocycles. The van der Waals surface area contributed by atoms with Crippen LogP contribution in [0.3, 0.4) is 0 Å². The molecule has 1 aliphatic heterocycles. The molecule has 0 aromatic heterocycles. The van der Waals surface area contributed by atoms with E-state index < -0.39 is 0 Å². The molecule has 28 heavy (non-hydrogen) atoms. The third-order valence-corrected chi connectivity index (χ3v) is 5.74. The van der Waals surface area contributed by atoms with Crippen LogP contribution in [0, 0.1) is 11.8 Å². The van der Waals surface area contributed by atoms with Crippen molar-refractivity contribution in [3.63, 3.8) is 0 Å². The second-order valence-corrected chi connectivity index (χ2v) is 7.13. The average molecular weight is 384 g/mol. The molecule has 1 fully saturated rings.